The number of carbonyl (C=O) groups excluding carboxylic acids is 1. The predicted molar refractivity (Wildman–Crippen MR) is 83.9 cm³/mol. The first-order valence-electron chi connectivity index (χ1n) is 7.39. The van der Waals surface area contributed by atoms with Crippen molar-refractivity contribution in [2.24, 2.45) is 11.7 Å². The minimum absolute atomic E-state index is 0.248. The fourth-order valence-corrected chi connectivity index (χ4v) is 3.24. The Kier molecular flexibility index (Phi) is 4.92. The molecule has 110 valence electrons. The van der Waals surface area contributed by atoms with E-state index in [0.29, 0.717) is 5.02 Å². The quantitative estimate of drug-likeness (QED) is 0.863. The van der Waals surface area contributed by atoms with Crippen molar-refractivity contribution in [2.45, 2.75) is 51.0 Å². The highest BCUT2D eigenvalue weighted by Gasteiger charge is 2.40. The Labute approximate surface area is 125 Å². The van der Waals surface area contributed by atoms with Gasteiger partial charge in [-0.05, 0) is 55.9 Å². The van der Waals surface area contributed by atoms with Crippen molar-refractivity contribution in [1.29, 1.82) is 0 Å². The largest absolute Gasteiger partial charge is 0.371 e. The summed E-state index contributed by atoms with van der Waals surface area (Å²) < 4.78 is 0. The molecule has 1 aliphatic rings. The SMILES string of the molecule is CCCC1CCC(Nc2ccc(Cl)cc2)(C(N)=O)CC1. The summed E-state index contributed by atoms with van der Waals surface area (Å²) in [5.74, 6) is 0.488. The van der Waals surface area contributed by atoms with Gasteiger partial charge in [-0.2, -0.15) is 0 Å². The van der Waals surface area contributed by atoms with Gasteiger partial charge in [0.15, 0.2) is 0 Å². The highest BCUT2D eigenvalue weighted by atomic mass is 35.5. The van der Waals surface area contributed by atoms with Crippen LogP contribution in [0, 0.1) is 5.92 Å². The number of hydrogen-bond donors (Lipinski definition) is 2. The van der Waals surface area contributed by atoms with Gasteiger partial charge < -0.3 is 11.1 Å². The number of primary amides is 1. The number of carbonyl (C=O) groups is 1. The second-order valence-electron chi connectivity index (χ2n) is 5.81. The van der Waals surface area contributed by atoms with Gasteiger partial charge in [-0.25, -0.2) is 0 Å². The molecule has 0 aromatic heterocycles. The summed E-state index contributed by atoms with van der Waals surface area (Å²) in [5.41, 5.74) is 5.98. The van der Waals surface area contributed by atoms with Crippen molar-refractivity contribution >= 4 is 23.2 Å². The molecule has 0 unspecified atom stereocenters. The van der Waals surface area contributed by atoms with Gasteiger partial charge in [-0.1, -0.05) is 31.4 Å². The van der Waals surface area contributed by atoms with Crippen LogP contribution in [-0.2, 0) is 4.79 Å². The highest BCUT2D eigenvalue weighted by molar-refractivity contribution is 6.30. The fourth-order valence-electron chi connectivity index (χ4n) is 3.11. The lowest BCUT2D eigenvalue weighted by Crippen LogP contribution is -2.52. The molecule has 1 saturated carbocycles. The van der Waals surface area contributed by atoms with Crippen LogP contribution < -0.4 is 11.1 Å². The molecule has 2 rings (SSSR count). The second-order valence-corrected chi connectivity index (χ2v) is 6.25. The van der Waals surface area contributed by atoms with Crippen molar-refractivity contribution in [3.63, 3.8) is 0 Å². The maximum Gasteiger partial charge on any atom is 0.243 e. The zero-order valence-electron chi connectivity index (χ0n) is 12.0. The molecule has 0 bridgehead atoms. The molecule has 0 aliphatic heterocycles. The minimum Gasteiger partial charge on any atom is -0.371 e. The van der Waals surface area contributed by atoms with E-state index in [1.807, 2.05) is 24.3 Å². The van der Waals surface area contributed by atoms with E-state index in [9.17, 15) is 4.79 Å². The summed E-state index contributed by atoms with van der Waals surface area (Å²) >= 11 is 5.89. The summed E-state index contributed by atoms with van der Waals surface area (Å²) in [6, 6.07) is 7.43. The maximum absolute atomic E-state index is 11.9. The fraction of sp³-hybridized carbons (Fsp3) is 0.562. The smallest absolute Gasteiger partial charge is 0.243 e. The van der Waals surface area contributed by atoms with E-state index < -0.39 is 5.54 Å². The molecule has 20 heavy (non-hydrogen) atoms. The van der Waals surface area contributed by atoms with E-state index in [2.05, 4.69) is 12.2 Å². The van der Waals surface area contributed by atoms with Crippen LogP contribution in [0.2, 0.25) is 5.02 Å². The van der Waals surface area contributed by atoms with E-state index in [1.165, 1.54) is 12.8 Å². The lowest BCUT2D eigenvalue weighted by Gasteiger charge is -2.39. The Balaban J connectivity index is 2.08. The van der Waals surface area contributed by atoms with Gasteiger partial charge in [0.25, 0.3) is 0 Å². The van der Waals surface area contributed by atoms with E-state index in [1.54, 1.807) is 0 Å². The van der Waals surface area contributed by atoms with Gasteiger partial charge >= 0.3 is 0 Å². The molecule has 1 aliphatic carbocycles. The number of benzene rings is 1. The number of rotatable bonds is 5. The first-order valence-corrected chi connectivity index (χ1v) is 7.77. The molecule has 1 amide bonds. The van der Waals surface area contributed by atoms with Crippen molar-refractivity contribution in [1.82, 2.24) is 0 Å². The molecule has 1 fully saturated rings. The van der Waals surface area contributed by atoms with Crippen LogP contribution >= 0.6 is 11.6 Å². The van der Waals surface area contributed by atoms with Crippen molar-refractivity contribution in [3.8, 4) is 0 Å². The molecule has 0 spiro atoms. The lowest BCUT2D eigenvalue weighted by atomic mass is 9.74. The third-order valence-electron chi connectivity index (χ3n) is 4.36. The Bertz CT molecular complexity index is 450. The molecule has 3 nitrogen and oxygen atoms in total. The third kappa shape index (κ3) is 3.45. The first kappa shape index (κ1) is 15.2. The summed E-state index contributed by atoms with van der Waals surface area (Å²) in [4.78, 5) is 11.9. The molecular weight excluding hydrogens is 272 g/mol. The minimum atomic E-state index is -0.599. The van der Waals surface area contributed by atoms with Crippen LogP contribution in [0.3, 0.4) is 0 Å². The van der Waals surface area contributed by atoms with E-state index in [0.717, 1.165) is 37.3 Å². The third-order valence-corrected chi connectivity index (χ3v) is 4.61. The first-order chi connectivity index (χ1) is 9.55. The van der Waals surface area contributed by atoms with Gasteiger partial charge in [0.05, 0.1) is 0 Å². The predicted octanol–water partition coefficient (Wildman–Crippen LogP) is 3.97. The monoisotopic (exact) mass is 294 g/mol. The molecule has 0 heterocycles. The zero-order chi connectivity index (χ0) is 14.6. The van der Waals surface area contributed by atoms with Gasteiger partial charge in [0.1, 0.15) is 5.54 Å². The maximum atomic E-state index is 11.9. The zero-order valence-corrected chi connectivity index (χ0v) is 12.7. The average Bonchev–Trinajstić information content (AvgIpc) is 2.44. The Morgan fingerprint density at radius 2 is 1.95 bits per heavy atom. The lowest BCUT2D eigenvalue weighted by molar-refractivity contribution is -0.123. The summed E-state index contributed by atoms with van der Waals surface area (Å²) in [6.07, 6.45) is 6.22. The van der Waals surface area contributed by atoms with Gasteiger partial charge in [0, 0.05) is 10.7 Å². The van der Waals surface area contributed by atoms with Crippen LogP contribution in [0.5, 0.6) is 0 Å². The van der Waals surface area contributed by atoms with E-state index in [4.69, 9.17) is 17.3 Å². The van der Waals surface area contributed by atoms with Crippen molar-refractivity contribution in [3.05, 3.63) is 29.3 Å². The Hall–Kier alpha value is -1.22. The van der Waals surface area contributed by atoms with Crippen LogP contribution in [-0.4, -0.2) is 11.4 Å². The van der Waals surface area contributed by atoms with E-state index >= 15 is 0 Å². The Morgan fingerprint density at radius 3 is 2.45 bits per heavy atom. The molecule has 0 atom stereocenters. The van der Waals surface area contributed by atoms with Gasteiger partial charge in [-0.15, -0.1) is 0 Å². The molecule has 0 radical (unpaired) electrons. The Morgan fingerprint density at radius 1 is 1.35 bits per heavy atom. The van der Waals surface area contributed by atoms with Gasteiger partial charge in [0.2, 0.25) is 5.91 Å². The number of amides is 1. The summed E-state index contributed by atoms with van der Waals surface area (Å²) in [6.45, 7) is 2.21. The number of halogens is 1. The van der Waals surface area contributed by atoms with Crippen LogP contribution in [0.1, 0.15) is 45.4 Å². The standard InChI is InChI=1S/C16H23ClN2O/c1-2-3-12-8-10-16(11-9-12,15(18)20)19-14-6-4-13(17)5-7-14/h4-7,12,19H,2-3,8-11H2,1H3,(H2,18,20). The van der Waals surface area contributed by atoms with E-state index in [-0.39, 0.29) is 5.91 Å². The number of hydrogen-bond acceptors (Lipinski definition) is 2. The van der Waals surface area contributed by atoms with Crippen LogP contribution in [0.25, 0.3) is 0 Å². The molecule has 4 heteroatoms. The van der Waals surface area contributed by atoms with Crippen molar-refractivity contribution in [2.75, 3.05) is 5.32 Å². The molecule has 0 saturated heterocycles. The van der Waals surface area contributed by atoms with Gasteiger partial charge in [-0.3, -0.25) is 4.79 Å². The summed E-state index contributed by atoms with van der Waals surface area (Å²) in [7, 11) is 0. The van der Waals surface area contributed by atoms with Crippen LogP contribution in [0.4, 0.5) is 5.69 Å². The molecule has 1 aromatic carbocycles. The summed E-state index contributed by atoms with van der Waals surface area (Å²) in [5, 5.41) is 4.04. The second kappa shape index (κ2) is 6.49. The molecule has 1 aromatic rings. The topological polar surface area (TPSA) is 55.1 Å². The highest BCUT2D eigenvalue weighted by Crippen LogP contribution is 2.36. The van der Waals surface area contributed by atoms with Crippen LogP contribution in [0.15, 0.2) is 24.3 Å². The average molecular weight is 295 g/mol. The normalized spacial score (nSPS) is 26.2. The van der Waals surface area contributed by atoms with Crippen molar-refractivity contribution < 1.29 is 4.79 Å². The number of anilines is 1. The number of nitrogens with one attached hydrogen (secondary N) is 1. The number of nitrogens with two attached hydrogens (primary N) is 1. The molecular formula is C16H23ClN2O. The molecule has 3 N–H and O–H groups in total.